The smallest absolute Gasteiger partial charge is 0.277 e. The molecule has 0 fully saturated rings. The molecular weight excluding hydrogens is 324 g/mol. The lowest BCUT2D eigenvalue weighted by atomic mass is 10.1. The average Bonchev–Trinajstić information content (AvgIpc) is 3.04. The number of fused-ring (bicyclic) bond motifs is 1. The van der Waals surface area contributed by atoms with E-state index in [1.54, 1.807) is 35.7 Å². The van der Waals surface area contributed by atoms with Gasteiger partial charge in [-0.05, 0) is 23.9 Å². The lowest BCUT2D eigenvalue weighted by Gasteiger charge is -2.10. The number of carbonyl (C=O) groups excluding carboxylic acids is 1. The molecule has 2 aromatic heterocycles. The summed E-state index contributed by atoms with van der Waals surface area (Å²) in [5.74, 6) is -0.435. The Morgan fingerprint density at radius 2 is 2.08 bits per heavy atom. The summed E-state index contributed by atoms with van der Waals surface area (Å²) in [6.07, 6.45) is 0.732. The van der Waals surface area contributed by atoms with E-state index in [0.717, 1.165) is 6.42 Å². The van der Waals surface area contributed by atoms with Gasteiger partial charge >= 0.3 is 0 Å². The standard InChI is InChI=1S/C17H14N4O2S/c1-2-8-21-17(23)13-6-4-3-5-12(13)14(20-21)15(22)19-16-11(10-18)7-9-24-16/h3-7,9H,2,8H2,1H3,(H,19,22). The summed E-state index contributed by atoms with van der Waals surface area (Å²) < 4.78 is 1.32. The number of nitriles is 1. The van der Waals surface area contributed by atoms with Crippen LogP contribution in [-0.2, 0) is 6.54 Å². The predicted octanol–water partition coefficient (Wildman–Crippen LogP) is 2.99. The van der Waals surface area contributed by atoms with Crippen molar-refractivity contribution in [3.8, 4) is 6.07 Å². The molecule has 0 unspecified atom stereocenters. The maximum absolute atomic E-state index is 12.7. The van der Waals surface area contributed by atoms with Gasteiger partial charge < -0.3 is 5.32 Å². The normalized spacial score (nSPS) is 10.5. The number of aryl methyl sites for hydroxylation is 1. The number of aromatic nitrogens is 2. The molecule has 0 radical (unpaired) electrons. The molecule has 2 heterocycles. The highest BCUT2D eigenvalue weighted by atomic mass is 32.1. The Bertz CT molecular complexity index is 1010. The van der Waals surface area contributed by atoms with Crippen LogP contribution in [0.5, 0.6) is 0 Å². The summed E-state index contributed by atoms with van der Waals surface area (Å²) in [6, 6.07) is 10.6. The SMILES string of the molecule is CCCn1nc(C(=O)Nc2sccc2C#N)c2ccccc2c1=O. The van der Waals surface area contributed by atoms with Crippen LogP contribution in [0.15, 0.2) is 40.5 Å². The van der Waals surface area contributed by atoms with Gasteiger partial charge in [0.05, 0.1) is 10.9 Å². The van der Waals surface area contributed by atoms with Crippen molar-refractivity contribution in [3.63, 3.8) is 0 Å². The first-order valence-corrected chi connectivity index (χ1v) is 8.32. The summed E-state index contributed by atoms with van der Waals surface area (Å²) in [5, 5.41) is 19.2. The molecule has 0 aliphatic heterocycles. The molecule has 6 nitrogen and oxygen atoms in total. The molecule has 1 amide bonds. The van der Waals surface area contributed by atoms with Crippen LogP contribution in [0.1, 0.15) is 29.4 Å². The number of anilines is 1. The third-order valence-electron chi connectivity index (χ3n) is 3.53. The van der Waals surface area contributed by atoms with Crippen LogP contribution >= 0.6 is 11.3 Å². The van der Waals surface area contributed by atoms with Crippen LogP contribution in [-0.4, -0.2) is 15.7 Å². The van der Waals surface area contributed by atoms with E-state index in [1.807, 2.05) is 13.0 Å². The Kier molecular flexibility index (Phi) is 4.40. The van der Waals surface area contributed by atoms with Crippen molar-refractivity contribution in [2.75, 3.05) is 5.32 Å². The minimum Gasteiger partial charge on any atom is -0.311 e. The molecule has 1 aromatic carbocycles. The van der Waals surface area contributed by atoms with Crippen molar-refractivity contribution in [1.82, 2.24) is 9.78 Å². The Morgan fingerprint density at radius 3 is 2.79 bits per heavy atom. The first-order valence-electron chi connectivity index (χ1n) is 7.44. The third kappa shape index (κ3) is 2.79. The van der Waals surface area contributed by atoms with Crippen LogP contribution in [0.2, 0.25) is 0 Å². The van der Waals surface area contributed by atoms with E-state index in [0.29, 0.717) is 27.9 Å². The molecule has 1 N–H and O–H groups in total. The Morgan fingerprint density at radius 1 is 1.33 bits per heavy atom. The monoisotopic (exact) mass is 338 g/mol. The number of rotatable bonds is 4. The van der Waals surface area contributed by atoms with Gasteiger partial charge in [0.1, 0.15) is 11.1 Å². The highest BCUT2D eigenvalue weighted by Gasteiger charge is 2.18. The van der Waals surface area contributed by atoms with Crippen molar-refractivity contribution < 1.29 is 4.79 Å². The van der Waals surface area contributed by atoms with Crippen molar-refractivity contribution in [1.29, 1.82) is 5.26 Å². The Labute approximate surface area is 142 Å². The summed E-state index contributed by atoms with van der Waals surface area (Å²) in [5.41, 5.74) is 0.369. The fraction of sp³-hybridized carbons (Fsp3) is 0.176. The van der Waals surface area contributed by atoms with Gasteiger partial charge in [0.2, 0.25) is 0 Å². The van der Waals surface area contributed by atoms with Crippen molar-refractivity contribution >= 4 is 33.0 Å². The zero-order valence-corrected chi connectivity index (χ0v) is 13.8. The molecule has 0 aliphatic carbocycles. The maximum Gasteiger partial charge on any atom is 0.277 e. The molecule has 0 spiro atoms. The third-order valence-corrected chi connectivity index (χ3v) is 4.36. The lowest BCUT2D eigenvalue weighted by molar-refractivity contribution is 0.102. The second kappa shape index (κ2) is 6.64. The minimum absolute atomic E-state index is 0.177. The number of benzene rings is 1. The highest BCUT2D eigenvalue weighted by molar-refractivity contribution is 7.14. The van der Waals surface area contributed by atoms with Crippen molar-refractivity contribution in [2.45, 2.75) is 19.9 Å². The zero-order chi connectivity index (χ0) is 17.1. The summed E-state index contributed by atoms with van der Waals surface area (Å²) in [6.45, 7) is 2.38. The summed E-state index contributed by atoms with van der Waals surface area (Å²) in [4.78, 5) is 25.1. The lowest BCUT2D eigenvalue weighted by Crippen LogP contribution is -2.27. The Hall–Kier alpha value is -2.98. The molecule has 24 heavy (non-hydrogen) atoms. The molecule has 0 saturated heterocycles. The quantitative estimate of drug-likeness (QED) is 0.792. The van der Waals surface area contributed by atoms with E-state index < -0.39 is 5.91 Å². The molecule has 3 rings (SSSR count). The van der Waals surface area contributed by atoms with Crippen molar-refractivity contribution in [2.24, 2.45) is 0 Å². The average molecular weight is 338 g/mol. The van der Waals surface area contributed by atoms with E-state index in [9.17, 15) is 9.59 Å². The number of nitrogens with one attached hydrogen (secondary N) is 1. The zero-order valence-electron chi connectivity index (χ0n) is 12.9. The second-order valence-corrected chi connectivity index (χ2v) is 6.07. The van der Waals surface area contributed by atoms with E-state index in [4.69, 9.17) is 5.26 Å². The molecule has 7 heteroatoms. The van der Waals surface area contributed by atoms with Crippen LogP contribution in [0.4, 0.5) is 5.00 Å². The molecule has 0 atom stereocenters. The van der Waals surface area contributed by atoms with Gasteiger partial charge in [0, 0.05) is 11.9 Å². The number of hydrogen-bond acceptors (Lipinski definition) is 5. The van der Waals surface area contributed by atoms with E-state index in [-0.39, 0.29) is 11.3 Å². The molecule has 0 bridgehead atoms. The minimum atomic E-state index is -0.435. The van der Waals surface area contributed by atoms with Gasteiger partial charge in [-0.3, -0.25) is 9.59 Å². The summed E-state index contributed by atoms with van der Waals surface area (Å²) in [7, 11) is 0. The van der Waals surface area contributed by atoms with Crippen LogP contribution in [0.3, 0.4) is 0 Å². The van der Waals surface area contributed by atoms with Crippen LogP contribution in [0.25, 0.3) is 10.8 Å². The highest BCUT2D eigenvalue weighted by Crippen LogP contribution is 2.23. The van der Waals surface area contributed by atoms with Crippen molar-refractivity contribution in [3.05, 3.63) is 57.3 Å². The van der Waals surface area contributed by atoms with Gasteiger partial charge in [-0.25, -0.2) is 4.68 Å². The summed E-state index contributed by atoms with van der Waals surface area (Å²) >= 11 is 1.27. The molecular formula is C17H14N4O2S. The molecule has 0 aliphatic rings. The largest absolute Gasteiger partial charge is 0.311 e. The van der Waals surface area contributed by atoms with Gasteiger partial charge in [-0.2, -0.15) is 10.4 Å². The first kappa shape index (κ1) is 15.9. The van der Waals surface area contributed by atoms with Crippen LogP contribution in [0, 0.1) is 11.3 Å². The first-order chi connectivity index (χ1) is 11.7. The van der Waals surface area contributed by atoms with E-state index in [1.165, 1.54) is 16.0 Å². The number of amides is 1. The van der Waals surface area contributed by atoms with Gasteiger partial charge in [0.25, 0.3) is 11.5 Å². The van der Waals surface area contributed by atoms with E-state index in [2.05, 4.69) is 10.4 Å². The topological polar surface area (TPSA) is 87.8 Å². The number of thiophene rings is 1. The second-order valence-electron chi connectivity index (χ2n) is 5.15. The van der Waals surface area contributed by atoms with Gasteiger partial charge in [-0.1, -0.05) is 25.1 Å². The fourth-order valence-electron chi connectivity index (χ4n) is 2.42. The molecule has 0 saturated carbocycles. The number of carbonyl (C=O) groups is 1. The molecule has 3 aromatic rings. The number of hydrogen-bond donors (Lipinski definition) is 1. The number of nitrogens with zero attached hydrogens (tertiary/aromatic N) is 3. The van der Waals surface area contributed by atoms with Gasteiger partial charge in [0.15, 0.2) is 5.69 Å². The predicted molar refractivity (Wildman–Crippen MR) is 93.3 cm³/mol. The Balaban J connectivity index is 2.11. The van der Waals surface area contributed by atoms with Crippen LogP contribution < -0.4 is 10.9 Å². The van der Waals surface area contributed by atoms with Gasteiger partial charge in [-0.15, -0.1) is 11.3 Å². The fourth-order valence-corrected chi connectivity index (χ4v) is 3.16. The maximum atomic E-state index is 12.7. The molecule has 120 valence electrons. The van der Waals surface area contributed by atoms with E-state index >= 15 is 0 Å².